The third kappa shape index (κ3) is 3.42. The highest BCUT2D eigenvalue weighted by molar-refractivity contribution is 5.66. The van der Waals surface area contributed by atoms with Crippen molar-refractivity contribution >= 4 is 5.97 Å². The Bertz CT molecular complexity index is 492. The molecule has 0 radical (unpaired) electrons. The molecule has 0 amide bonds. The van der Waals surface area contributed by atoms with E-state index >= 15 is 0 Å². The van der Waals surface area contributed by atoms with Crippen molar-refractivity contribution in [3.05, 3.63) is 24.2 Å². The maximum absolute atomic E-state index is 10.3. The van der Waals surface area contributed by atoms with Crippen molar-refractivity contribution in [2.75, 3.05) is 6.54 Å². The maximum Gasteiger partial charge on any atom is 0.303 e. The van der Waals surface area contributed by atoms with Crippen LogP contribution in [0.3, 0.4) is 0 Å². The standard InChI is InChI=1S/C11H13N3O4/c15-10(16)4-1-5-12-7-9-13-11(18-14-9)8-3-2-6-17-8/h2-3,6,12H,1,4-5,7H2,(H,15,16). The lowest BCUT2D eigenvalue weighted by Gasteiger charge is -1.98. The molecular formula is C11H13N3O4. The first-order valence-electron chi connectivity index (χ1n) is 5.54. The first-order chi connectivity index (χ1) is 8.75. The number of carbonyl (C=O) groups is 1. The van der Waals surface area contributed by atoms with Gasteiger partial charge in [0.2, 0.25) is 0 Å². The second kappa shape index (κ2) is 5.97. The Balaban J connectivity index is 1.76. The van der Waals surface area contributed by atoms with Crippen molar-refractivity contribution in [2.45, 2.75) is 19.4 Å². The van der Waals surface area contributed by atoms with E-state index in [4.69, 9.17) is 14.0 Å². The van der Waals surface area contributed by atoms with Gasteiger partial charge < -0.3 is 19.4 Å². The van der Waals surface area contributed by atoms with E-state index < -0.39 is 5.97 Å². The molecule has 0 aliphatic heterocycles. The van der Waals surface area contributed by atoms with Crippen LogP contribution < -0.4 is 5.32 Å². The predicted octanol–water partition coefficient (Wildman–Crippen LogP) is 1.28. The Labute approximate surface area is 103 Å². The number of nitrogens with one attached hydrogen (secondary N) is 1. The minimum Gasteiger partial charge on any atom is -0.481 e. The van der Waals surface area contributed by atoms with Crippen LogP contribution >= 0.6 is 0 Å². The first kappa shape index (κ1) is 12.3. The fourth-order valence-corrected chi connectivity index (χ4v) is 1.39. The monoisotopic (exact) mass is 251 g/mol. The highest BCUT2D eigenvalue weighted by Gasteiger charge is 2.10. The van der Waals surface area contributed by atoms with Crippen molar-refractivity contribution in [1.29, 1.82) is 0 Å². The van der Waals surface area contributed by atoms with E-state index in [1.165, 1.54) is 6.26 Å². The van der Waals surface area contributed by atoms with Gasteiger partial charge in [0, 0.05) is 6.42 Å². The van der Waals surface area contributed by atoms with E-state index in [0.717, 1.165) is 0 Å². The van der Waals surface area contributed by atoms with Gasteiger partial charge in [-0.25, -0.2) is 0 Å². The van der Waals surface area contributed by atoms with Gasteiger partial charge in [0.1, 0.15) is 0 Å². The van der Waals surface area contributed by atoms with Gasteiger partial charge in [0.25, 0.3) is 5.89 Å². The molecule has 0 aliphatic carbocycles. The largest absolute Gasteiger partial charge is 0.481 e. The zero-order valence-corrected chi connectivity index (χ0v) is 9.63. The molecule has 7 heteroatoms. The van der Waals surface area contributed by atoms with Crippen LogP contribution in [0.2, 0.25) is 0 Å². The maximum atomic E-state index is 10.3. The molecular weight excluding hydrogens is 238 g/mol. The summed E-state index contributed by atoms with van der Waals surface area (Å²) in [7, 11) is 0. The topological polar surface area (TPSA) is 101 Å². The molecule has 0 aliphatic rings. The number of carboxylic acid groups (broad SMARTS) is 1. The van der Waals surface area contributed by atoms with E-state index in [1.54, 1.807) is 12.1 Å². The molecule has 0 saturated heterocycles. The molecule has 0 saturated carbocycles. The summed E-state index contributed by atoms with van der Waals surface area (Å²) in [4.78, 5) is 14.4. The smallest absolute Gasteiger partial charge is 0.303 e. The summed E-state index contributed by atoms with van der Waals surface area (Å²) in [5, 5.41) is 15.3. The summed E-state index contributed by atoms with van der Waals surface area (Å²) in [6.45, 7) is 1.03. The molecule has 2 heterocycles. The van der Waals surface area contributed by atoms with Gasteiger partial charge in [-0.05, 0) is 25.1 Å². The highest BCUT2D eigenvalue weighted by Crippen LogP contribution is 2.16. The fraction of sp³-hybridized carbons (Fsp3) is 0.364. The lowest BCUT2D eigenvalue weighted by Crippen LogP contribution is -2.16. The average Bonchev–Trinajstić information content (AvgIpc) is 2.98. The average molecular weight is 251 g/mol. The fourth-order valence-electron chi connectivity index (χ4n) is 1.39. The second-order valence-electron chi connectivity index (χ2n) is 3.67. The van der Waals surface area contributed by atoms with Crippen LogP contribution in [0.15, 0.2) is 27.3 Å². The molecule has 0 atom stereocenters. The Morgan fingerprint density at radius 2 is 2.39 bits per heavy atom. The van der Waals surface area contributed by atoms with Gasteiger partial charge in [-0.1, -0.05) is 5.16 Å². The van der Waals surface area contributed by atoms with Gasteiger partial charge in [-0.15, -0.1) is 0 Å². The highest BCUT2D eigenvalue weighted by atomic mass is 16.5. The van der Waals surface area contributed by atoms with E-state index in [9.17, 15) is 4.79 Å². The summed E-state index contributed by atoms with van der Waals surface area (Å²) in [6.07, 6.45) is 2.25. The summed E-state index contributed by atoms with van der Waals surface area (Å²) in [5.41, 5.74) is 0. The van der Waals surface area contributed by atoms with Crippen molar-refractivity contribution < 1.29 is 18.8 Å². The molecule has 2 rings (SSSR count). The molecule has 0 aromatic carbocycles. The lowest BCUT2D eigenvalue weighted by atomic mass is 10.3. The second-order valence-corrected chi connectivity index (χ2v) is 3.67. The molecule has 2 N–H and O–H groups in total. The number of carboxylic acids is 1. The number of hydrogen-bond donors (Lipinski definition) is 2. The Morgan fingerprint density at radius 3 is 3.11 bits per heavy atom. The van der Waals surface area contributed by atoms with Crippen molar-refractivity contribution in [3.63, 3.8) is 0 Å². The molecule has 7 nitrogen and oxygen atoms in total. The van der Waals surface area contributed by atoms with Crippen LogP contribution in [0.1, 0.15) is 18.7 Å². The predicted molar refractivity (Wildman–Crippen MR) is 60.6 cm³/mol. The molecule has 2 aromatic rings. The van der Waals surface area contributed by atoms with Gasteiger partial charge in [0.05, 0.1) is 12.8 Å². The third-order valence-electron chi connectivity index (χ3n) is 2.23. The Hall–Kier alpha value is -2.15. The van der Waals surface area contributed by atoms with Crippen LogP contribution in [0.25, 0.3) is 11.7 Å². The molecule has 18 heavy (non-hydrogen) atoms. The zero-order valence-electron chi connectivity index (χ0n) is 9.63. The van der Waals surface area contributed by atoms with Gasteiger partial charge >= 0.3 is 5.97 Å². The van der Waals surface area contributed by atoms with Gasteiger partial charge in [-0.3, -0.25) is 4.79 Å². The van der Waals surface area contributed by atoms with Crippen molar-refractivity contribution in [2.24, 2.45) is 0 Å². The lowest BCUT2D eigenvalue weighted by molar-refractivity contribution is -0.137. The SMILES string of the molecule is O=C(O)CCCNCc1noc(-c2ccco2)n1. The Kier molecular flexibility index (Phi) is 4.08. The first-order valence-corrected chi connectivity index (χ1v) is 5.54. The van der Waals surface area contributed by atoms with E-state index in [0.29, 0.717) is 37.0 Å². The van der Waals surface area contributed by atoms with Gasteiger partial charge in [-0.2, -0.15) is 4.98 Å². The van der Waals surface area contributed by atoms with E-state index in [2.05, 4.69) is 15.5 Å². The molecule has 96 valence electrons. The van der Waals surface area contributed by atoms with Crippen molar-refractivity contribution in [1.82, 2.24) is 15.5 Å². The number of aromatic nitrogens is 2. The Morgan fingerprint density at radius 1 is 1.50 bits per heavy atom. The zero-order chi connectivity index (χ0) is 12.8. The third-order valence-corrected chi connectivity index (χ3v) is 2.23. The van der Waals surface area contributed by atoms with Crippen LogP contribution in [-0.4, -0.2) is 27.8 Å². The molecule has 0 bridgehead atoms. The number of nitrogens with zero attached hydrogens (tertiary/aromatic N) is 2. The number of furan rings is 1. The van der Waals surface area contributed by atoms with Crippen LogP contribution in [0.4, 0.5) is 0 Å². The van der Waals surface area contributed by atoms with Crippen LogP contribution in [-0.2, 0) is 11.3 Å². The van der Waals surface area contributed by atoms with E-state index in [-0.39, 0.29) is 6.42 Å². The molecule has 0 spiro atoms. The number of hydrogen-bond acceptors (Lipinski definition) is 6. The number of rotatable bonds is 7. The van der Waals surface area contributed by atoms with Gasteiger partial charge in [0.15, 0.2) is 11.6 Å². The van der Waals surface area contributed by atoms with Crippen LogP contribution in [0, 0.1) is 0 Å². The normalized spacial score (nSPS) is 10.7. The van der Waals surface area contributed by atoms with Crippen LogP contribution in [0.5, 0.6) is 0 Å². The summed E-state index contributed by atoms with van der Waals surface area (Å²) in [6, 6.07) is 3.47. The molecule has 0 fully saturated rings. The molecule has 0 unspecified atom stereocenters. The summed E-state index contributed by atoms with van der Waals surface area (Å²) < 4.78 is 10.1. The number of aliphatic carboxylic acids is 1. The quantitative estimate of drug-likeness (QED) is 0.714. The van der Waals surface area contributed by atoms with Crippen molar-refractivity contribution in [3.8, 4) is 11.7 Å². The minimum atomic E-state index is -0.795. The summed E-state index contributed by atoms with van der Waals surface area (Å²) >= 11 is 0. The minimum absolute atomic E-state index is 0.150. The molecule has 2 aromatic heterocycles. The summed E-state index contributed by atoms with van der Waals surface area (Å²) in [5.74, 6) is 0.579. The van der Waals surface area contributed by atoms with E-state index in [1.807, 2.05) is 0 Å².